The van der Waals surface area contributed by atoms with E-state index in [-0.39, 0.29) is 11.0 Å². The molecular weight excluding hydrogens is 304 g/mol. The van der Waals surface area contributed by atoms with Crippen molar-refractivity contribution >= 4 is 21.6 Å². The number of aromatic nitrogens is 2. The zero-order chi connectivity index (χ0) is 16.6. The van der Waals surface area contributed by atoms with E-state index in [9.17, 15) is 4.79 Å². The van der Waals surface area contributed by atoms with Crippen LogP contribution in [0.4, 0.5) is 0 Å². The first-order valence-corrected chi connectivity index (χ1v) is 8.77. The lowest BCUT2D eigenvalue weighted by Crippen LogP contribution is -2.20. The Morgan fingerprint density at radius 3 is 2.48 bits per heavy atom. The maximum Gasteiger partial charge on any atom is 0.262 e. The topological polar surface area (TPSA) is 34.9 Å². The van der Waals surface area contributed by atoms with Gasteiger partial charge in [-0.05, 0) is 29.0 Å². The molecule has 3 nitrogen and oxygen atoms in total. The molecule has 23 heavy (non-hydrogen) atoms. The maximum absolute atomic E-state index is 12.6. The summed E-state index contributed by atoms with van der Waals surface area (Å²) < 4.78 is 1.70. The Balaban J connectivity index is 1.92. The molecule has 0 fully saturated rings. The molecule has 2 heterocycles. The lowest BCUT2D eigenvalue weighted by atomic mass is 9.87. The lowest BCUT2D eigenvalue weighted by Gasteiger charge is -2.19. The number of nitrogens with zero attached hydrogens (tertiary/aromatic N) is 2. The fraction of sp³-hybridized carbons (Fsp3) is 0.368. The van der Waals surface area contributed by atoms with Crippen LogP contribution < -0.4 is 5.56 Å². The van der Waals surface area contributed by atoms with Crippen molar-refractivity contribution in [3.05, 3.63) is 63.0 Å². The van der Waals surface area contributed by atoms with Gasteiger partial charge in [-0.15, -0.1) is 11.3 Å². The summed E-state index contributed by atoms with van der Waals surface area (Å²) in [5.74, 6) is 0. The van der Waals surface area contributed by atoms with E-state index in [4.69, 9.17) is 0 Å². The van der Waals surface area contributed by atoms with Crippen LogP contribution in [0.5, 0.6) is 0 Å². The second kappa shape index (κ2) is 5.93. The second-order valence-electron chi connectivity index (χ2n) is 6.91. The number of rotatable bonds is 3. The Bertz CT molecular complexity index is 882. The predicted molar refractivity (Wildman–Crippen MR) is 97.5 cm³/mol. The van der Waals surface area contributed by atoms with Gasteiger partial charge in [0.05, 0.1) is 18.3 Å². The minimum atomic E-state index is 0.0471. The highest BCUT2D eigenvalue weighted by Crippen LogP contribution is 2.23. The van der Waals surface area contributed by atoms with Gasteiger partial charge in [0.15, 0.2) is 0 Å². The van der Waals surface area contributed by atoms with Gasteiger partial charge in [-0.25, -0.2) is 4.98 Å². The number of hydrogen-bond donors (Lipinski definition) is 0. The Morgan fingerprint density at radius 1 is 1.17 bits per heavy atom. The van der Waals surface area contributed by atoms with E-state index in [1.807, 2.05) is 6.07 Å². The number of fused-ring (bicyclic) bond motifs is 1. The Kier molecular flexibility index (Phi) is 4.11. The average molecular weight is 326 g/mol. The number of hydrogen-bond acceptors (Lipinski definition) is 3. The first-order valence-electron chi connectivity index (χ1n) is 7.96. The molecule has 0 unspecified atom stereocenters. The van der Waals surface area contributed by atoms with Crippen LogP contribution in [-0.2, 0) is 18.4 Å². The molecule has 0 N–H and O–H groups in total. The van der Waals surface area contributed by atoms with E-state index in [1.54, 1.807) is 22.2 Å². The molecule has 4 heteroatoms. The Labute approximate surface area is 140 Å². The second-order valence-corrected chi connectivity index (χ2v) is 8.02. The van der Waals surface area contributed by atoms with Gasteiger partial charge in [-0.3, -0.25) is 9.36 Å². The van der Waals surface area contributed by atoms with Gasteiger partial charge in [0.25, 0.3) is 5.56 Å². The van der Waals surface area contributed by atoms with E-state index in [0.717, 1.165) is 22.2 Å². The fourth-order valence-electron chi connectivity index (χ4n) is 2.60. The highest BCUT2D eigenvalue weighted by atomic mass is 32.1. The molecule has 0 spiro atoms. The predicted octanol–water partition coefficient (Wildman–Crippen LogP) is 4.37. The van der Waals surface area contributed by atoms with Gasteiger partial charge in [-0.1, -0.05) is 52.0 Å². The molecule has 0 radical (unpaired) electrons. The van der Waals surface area contributed by atoms with Crippen molar-refractivity contribution in [2.24, 2.45) is 0 Å². The summed E-state index contributed by atoms with van der Waals surface area (Å²) in [5, 5.41) is 0.737. The average Bonchev–Trinajstić information content (AvgIpc) is 2.94. The SMILES string of the molecule is CCc1cc2c(=O)n(Cc3ccc(C(C)(C)C)cc3)cnc2s1. The zero-order valence-electron chi connectivity index (χ0n) is 14.1. The molecular formula is C19H22N2OS. The van der Waals surface area contributed by atoms with E-state index < -0.39 is 0 Å². The smallest absolute Gasteiger partial charge is 0.262 e. The normalized spacial score (nSPS) is 12.0. The summed E-state index contributed by atoms with van der Waals surface area (Å²) >= 11 is 1.61. The molecule has 0 amide bonds. The molecule has 3 rings (SSSR count). The lowest BCUT2D eigenvalue weighted by molar-refractivity contribution is 0.589. The third-order valence-electron chi connectivity index (χ3n) is 4.09. The largest absolute Gasteiger partial charge is 0.294 e. The van der Waals surface area contributed by atoms with Gasteiger partial charge in [0, 0.05) is 4.88 Å². The van der Waals surface area contributed by atoms with Crippen molar-refractivity contribution in [1.29, 1.82) is 0 Å². The van der Waals surface area contributed by atoms with E-state index in [0.29, 0.717) is 6.54 Å². The van der Waals surface area contributed by atoms with Crippen molar-refractivity contribution in [2.45, 2.75) is 46.1 Å². The van der Waals surface area contributed by atoms with Crippen LogP contribution in [0.3, 0.4) is 0 Å². The first-order chi connectivity index (χ1) is 10.9. The van der Waals surface area contributed by atoms with Crippen molar-refractivity contribution in [2.75, 3.05) is 0 Å². The monoisotopic (exact) mass is 326 g/mol. The van der Waals surface area contributed by atoms with Gasteiger partial charge >= 0.3 is 0 Å². The van der Waals surface area contributed by atoms with E-state index >= 15 is 0 Å². The molecule has 0 atom stereocenters. The summed E-state index contributed by atoms with van der Waals surface area (Å²) in [7, 11) is 0. The molecule has 0 aliphatic rings. The number of benzene rings is 1. The highest BCUT2D eigenvalue weighted by molar-refractivity contribution is 7.18. The van der Waals surface area contributed by atoms with Crippen LogP contribution in [0, 0.1) is 0 Å². The molecule has 120 valence electrons. The van der Waals surface area contributed by atoms with Gasteiger partial charge < -0.3 is 0 Å². The summed E-state index contributed by atoms with van der Waals surface area (Å²) in [4.78, 5) is 19.1. The van der Waals surface area contributed by atoms with Crippen molar-refractivity contribution in [1.82, 2.24) is 9.55 Å². The minimum absolute atomic E-state index is 0.0471. The standard InChI is InChI=1S/C19H22N2OS/c1-5-15-10-16-17(23-15)20-12-21(18(16)22)11-13-6-8-14(9-7-13)19(2,3)4/h6-10,12H,5,11H2,1-4H3. The van der Waals surface area contributed by atoms with Crippen molar-refractivity contribution in [3.63, 3.8) is 0 Å². The maximum atomic E-state index is 12.6. The molecule has 1 aromatic carbocycles. The van der Waals surface area contributed by atoms with E-state index in [1.165, 1.54) is 10.4 Å². The summed E-state index contributed by atoms with van der Waals surface area (Å²) in [6.45, 7) is 9.26. The quantitative estimate of drug-likeness (QED) is 0.716. The van der Waals surface area contributed by atoms with Crippen LogP contribution in [0.1, 0.15) is 43.7 Å². The molecule has 0 saturated heterocycles. The molecule has 0 bridgehead atoms. The van der Waals surface area contributed by atoms with Crippen molar-refractivity contribution < 1.29 is 0 Å². The van der Waals surface area contributed by atoms with Crippen LogP contribution in [0.2, 0.25) is 0 Å². The van der Waals surface area contributed by atoms with Crippen LogP contribution >= 0.6 is 11.3 Å². The zero-order valence-corrected chi connectivity index (χ0v) is 14.9. The third-order valence-corrected chi connectivity index (χ3v) is 5.28. The molecule has 0 aliphatic carbocycles. The molecule has 0 saturated carbocycles. The van der Waals surface area contributed by atoms with Crippen LogP contribution in [0.15, 0.2) is 41.5 Å². The van der Waals surface area contributed by atoms with Crippen LogP contribution in [0.25, 0.3) is 10.2 Å². The summed E-state index contributed by atoms with van der Waals surface area (Å²) in [6.07, 6.45) is 2.60. The third kappa shape index (κ3) is 3.22. The highest BCUT2D eigenvalue weighted by Gasteiger charge is 2.13. The minimum Gasteiger partial charge on any atom is -0.294 e. The van der Waals surface area contributed by atoms with Gasteiger partial charge in [-0.2, -0.15) is 0 Å². The molecule has 0 aliphatic heterocycles. The Morgan fingerprint density at radius 2 is 1.87 bits per heavy atom. The number of thiophene rings is 1. The summed E-state index contributed by atoms with van der Waals surface area (Å²) in [5.41, 5.74) is 2.61. The first kappa shape index (κ1) is 15.9. The molecule has 2 aromatic heterocycles. The van der Waals surface area contributed by atoms with Crippen LogP contribution in [-0.4, -0.2) is 9.55 Å². The van der Waals surface area contributed by atoms with Crippen molar-refractivity contribution in [3.8, 4) is 0 Å². The van der Waals surface area contributed by atoms with Gasteiger partial charge in [0.2, 0.25) is 0 Å². The van der Waals surface area contributed by atoms with E-state index in [2.05, 4.69) is 56.9 Å². The number of aryl methyl sites for hydroxylation is 1. The summed E-state index contributed by atoms with van der Waals surface area (Å²) in [6, 6.07) is 10.5. The fourth-order valence-corrected chi connectivity index (χ4v) is 3.53. The Hall–Kier alpha value is -1.94. The van der Waals surface area contributed by atoms with Gasteiger partial charge in [0.1, 0.15) is 4.83 Å². The molecule has 3 aromatic rings.